The number of rotatable bonds is 16. The van der Waals surface area contributed by atoms with Gasteiger partial charge in [0.15, 0.2) is 0 Å². The molecule has 0 radical (unpaired) electrons. The molecule has 14 heteroatoms. The van der Waals surface area contributed by atoms with Gasteiger partial charge in [0.2, 0.25) is 0 Å². The van der Waals surface area contributed by atoms with E-state index in [-0.39, 0.29) is 6.42 Å². The van der Waals surface area contributed by atoms with Gasteiger partial charge in [0.1, 0.15) is 0 Å². The highest BCUT2D eigenvalue weighted by Crippen LogP contribution is 2.42. The molecule has 0 aliphatic carbocycles. The van der Waals surface area contributed by atoms with Crippen molar-refractivity contribution in [2.75, 3.05) is 6.16 Å². The fourth-order valence-electron chi connectivity index (χ4n) is 2.62. The molecule has 0 saturated carbocycles. The first-order valence-electron chi connectivity index (χ1n) is 9.86. The lowest BCUT2D eigenvalue weighted by Crippen LogP contribution is -2.45. The van der Waals surface area contributed by atoms with Crippen molar-refractivity contribution in [3.8, 4) is 0 Å². The maximum atomic E-state index is 12.6. The summed E-state index contributed by atoms with van der Waals surface area (Å²) < 4.78 is 120. The Bertz CT molecular complexity index is 637. The highest BCUT2D eigenvalue weighted by Gasteiger charge is 2.61. The van der Waals surface area contributed by atoms with E-state index in [0.29, 0.717) is 12.8 Å². The summed E-state index contributed by atoms with van der Waals surface area (Å²) in [6.07, 6.45) is 10.9. The third-order valence-electron chi connectivity index (χ3n) is 4.29. The summed E-state index contributed by atoms with van der Waals surface area (Å²) in [6, 6.07) is 0. The van der Waals surface area contributed by atoms with Crippen molar-refractivity contribution in [1.82, 2.24) is 3.48 Å². The number of hydrogen-bond donors (Lipinski definition) is 0. The van der Waals surface area contributed by atoms with Crippen molar-refractivity contribution in [2.24, 2.45) is 0 Å². The fourth-order valence-corrected chi connectivity index (χ4v) is 7.66. The molecule has 0 rings (SSSR count). The van der Waals surface area contributed by atoms with E-state index < -0.39 is 49.4 Å². The van der Waals surface area contributed by atoms with Crippen molar-refractivity contribution in [3.63, 3.8) is 0 Å². The van der Waals surface area contributed by atoms with Crippen LogP contribution in [0, 0.1) is 0 Å². The van der Waals surface area contributed by atoms with Crippen LogP contribution in [0.5, 0.6) is 0 Å². The molecule has 0 bridgehead atoms. The van der Waals surface area contributed by atoms with Crippen molar-refractivity contribution < 1.29 is 43.2 Å². The van der Waals surface area contributed by atoms with Crippen LogP contribution in [0.4, 0.5) is 26.3 Å². The highest BCUT2D eigenvalue weighted by atomic mass is 32.3. The molecule has 30 heavy (non-hydrogen) atoms. The Morgan fingerprint density at radius 1 is 0.600 bits per heavy atom. The maximum absolute atomic E-state index is 12.6. The molecule has 0 aromatic heterocycles. The summed E-state index contributed by atoms with van der Waals surface area (Å²) >= 11 is 0. The minimum Gasteiger partial charge on any atom is -0.201 e. The number of nitrogens with zero attached hydrogens (tertiary/aromatic N) is 1. The van der Waals surface area contributed by atoms with Crippen molar-refractivity contribution in [2.45, 2.75) is 95.0 Å². The van der Waals surface area contributed by atoms with E-state index >= 15 is 0 Å². The Labute approximate surface area is 176 Å². The third kappa shape index (κ3) is 9.99. The lowest BCUT2D eigenvalue weighted by atomic mass is 10.1. The van der Waals surface area contributed by atoms with E-state index in [2.05, 4.69) is 6.92 Å². The Hall–Kier alpha value is -0.130. The second kappa shape index (κ2) is 13.4. The molecule has 0 aliphatic rings. The standard InChI is InChI=1S/C16H30F6NO4PS2/c1-2-3-4-5-6-7-8-9-10-11-12-13-14-28-23(29(24,25)15(17,18)19)30(26,27)16(20,21)22/h28H,2-14H2,1H3. The Kier molecular flexibility index (Phi) is 13.4. The van der Waals surface area contributed by atoms with Gasteiger partial charge in [-0.15, -0.1) is 0 Å². The van der Waals surface area contributed by atoms with E-state index in [1.807, 2.05) is 0 Å². The van der Waals surface area contributed by atoms with E-state index in [4.69, 9.17) is 0 Å². The fraction of sp³-hybridized carbons (Fsp3) is 1.00. The Balaban J connectivity index is 4.39. The first kappa shape index (κ1) is 29.9. The number of sulfonamides is 2. The monoisotopic (exact) mass is 509 g/mol. The zero-order valence-electron chi connectivity index (χ0n) is 16.9. The predicted octanol–water partition coefficient (Wildman–Crippen LogP) is 6.28. The zero-order chi connectivity index (χ0) is 23.5. The van der Waals surface area contributed by atoms with E-state index in [9.17, 15) is 43.2 Å². The first-order chi connectivity index (χ1) is 13.7. The van der Waals surface area contributed by atoms with Crippen LogP contribution in [0.1, 0.15) is 84.0 Å². The molecule has 0 saturated heterocycles. The molecule has 1 unspecified atom stereocenters. The maximum Gasteiger partial charge on any atom is 0.512 e. The smallest absolute Gasteiger partial charge is 0.201 e. The van der Waals surface area contributed by atoms with Gasteiger partial charge in [0, 0.05) is 0 Å². The summed E-state index contributed by atoms with van der Waals surface area (Å²) in [4.78, 5) is 0. The number of halogens is 6. The summed E-state index contributed by atoms with van der Waals surface area (Å²) in [5.41, 5.74) is -12.3. The molecule has 1 atom stereocenters. The summed E-state index contributed by atoms with van der Waals surface area (Å²) in [7, 11) is -15.0. The van der Waals surface area contributed by atoms with Crippen LogP contribution in [-0.2, 0) is 20.0 Å². The second-order valence-electron chi connectivity index (χ2n) is 6.90. The Morgan fingerprint density at radius 3 is 1.20 bits per heavy atom. The molecule has 0 aromatic rings. The van der Waals surface area contributed by atoms with Crippen LogP contribution >= 0.6 is 8.73 Å². The predicted molar refractivity (Wildman–Crippen MR) is 106 cm³/mol. The van der Waals surface area contributed by atoms with Crippen molar-refractivity contribution in [1.29, 1.82) is 0 Å². The molecule has 182 valence electrons. The van der Waals surface area contributed by atoms with Gasteiger partial charge in [-0.3, -0.25) is 0 Å². The van der Waals surface area contributed by atoms with Crippen LogP contribution < -0.4 is 0 Å². The molecule has 0 fully saturated rings. The van der Waals surface area contributed by atoms with Crippen molar-refractivity contribution in [3.05, 3.63) is 0 Å². The first-order valence-corrected chi connectivity index (χ1v) is 13.9. The van der Waals surface area contributed by atoms with E-state index in [0.717, 1.165) is 32.1 Å². The lowest BCUT2D eigenvalue weighted by molar-refractivity contribution is -0.0504. The molecule has 0 heterocycles. The molecule has 0 aliphatic heterocycles. The quantitative estimate of drug-likeness (QED) is 0.139. The normalized spacial score (nSPS) is 14.3. The zero-order valence-corrected chi connectivity index (χ0v) is 19.5. The van der Waals surface area contributed by atoms with Crippen LogP contribution in [0.15, 0.2) is 0 Å². The van der Waals surface area contributed by atoms with Gasteiger partial charge in [-0.05, 0) is 21.3 Å². The average molecular weight is 510 g/mol. The SMILES string of the molecule is CCCCCCCCCCCCCCPN(S(=O)(=O)C(F)(F)F)S(=O)(=O)C(F)(F)F. The molecular weight excluding hydrogens is 479 g/mol. The topological polar surface area (TPSA) is 71.5 Å². The van der Waals surface area contributed by atoms with Gasteiger partial charge in [-0.2, -0.15) is 26.3 Å². The summed E-state index contributed by atoms with van der Waals surface area (Å²) in [5, 5.41) is 0. The summed E-state index contributed by atoms with van der Waals surface area (Å²) in [6.45, 7) is 2.14. The average Bonchev–Trinajstić information content (AvgIpc) is 2.59. The highest BCUT2D eigenvalue weighted by molar-refractivity contribution is 8.09. The van der Waals surface area contributed by atoms with Crippen molar-refractivity contribution >= 4 is 28.8 Å². The number of alkyl halides is 6. The van der Waals surface area contributed by atoms with E-state index in [1.54, 1.807) is 0 Å². The van der Waals surface area contributed by atoms with E-state index in [1.165, 1.54) is 25.7 Å². The largest absolute Gasteiger partial charge is 0.512 e. The lowest BCUT2D eigenvalue weighted by Gasteiger charge is -2.23. The van der Waals surface area contributed by atoms with Crippen LogP contribution in [0.25, 0.3) is 0 Å². The number of hydrogen-bond acceptors (Lipinski definition) is 4. The minimum atomic E-state index is -6.66. The summed E-state index contributed by atoms with van der Waals surface area (Å²) in [5.74, 6) is 0. The molecule has 0 amide bonds. The number of unbranched alkanes of at least 4 members (excludes halogenated alkanes) is 11. The van der Waals surface area contributed by atoms with Gasteiger partial charge >= 0.3 is 31.1 Å². The van der Waals surface area contributed by atoms with Crippen LogP contribution in [0.3, 0.4) is 0 Å². The molecular formula is C16H30F6NO4PS2. The third-order valence-corrected chi connectivity index (χ3v) is 10.6. The van der Waals surface area contributed by atoms with Gasteiger partial charge in [0.05, 0.1) is 0 Å². The van der Waals surface area contributed by atoms with Gasteiger partial charge < -0.3 is 0 Å². The van der Waals surface area contributed by atoms with Gasteiger partial charge in [-0.1, -0.05) is 81.0 Å². The Morgan fingerprint density at radius 2 is 0.900 bits per heavy atom. The van der Waals surface area contributed by atoms with Gasteiger partial charge in [-0.25, -0.2) is 16.8 Å². The van der Waals surface area contributed by atoms with Crippen LogP contribution in [0.2, 0.25) is 0 Å². The van der Waals surface area contributed by atoms with Gasteiger partial charge in [0.25, 0.3) is 0 Å². The molecule has 0 aromatic carbocycles. The molecule has 0 N–H and O–H groups in total. The second-order valence-corrected chi connectivity index (χ2v) is 12.6. The van der Waals surface area contributed by atoms with Crippen LogP contribution in [-0.4, -0.2) is 37.5 Å². The minimum absolute atomic E-state index is 0.132. The molecule has 5 nitrogen and oxygen atoms in total. The molecule has 0 spiro atoms.